The third-order valence-electron chi connectivity index (χ3n) is 4.40. The van der Waals surface area contributed by atoms with Crippen molar-refractivity contribution in [1.82, 2.24) is 4.98 Å². The van der Waals surface area contributed by atoms with Crippen molar-refractivity contribution in [2.24, 2.45) is 0 Å². The zero-order valence-electron chi connectivity index (χ0n) is 13.7. The second kappa shape index (κ2) is 7.23. The Bertz CT molecular complexity index is 809. The van der Waals surface area contributed by atoms with Gasteiger partial charge in [0.1, 0.15) is 5.75 Å². The Morgan fingerprint density at radius 3 is 2.88 bits per heavy atom. The van der Waals surface area contributed by atoms with Crippen LogP contribution in [0.4, 0.5) is 18.9 Å². The first-order valence-corrected chi connectivity index (χ1v) is 8.14. The van der Waals surface area contributed by atoms with E-state index in [1.165, 1.54) is 24.5 Å². The molecule has 1 aromatic heterocycles. The minimum absolute atomic E-state index is 0.0441. The van der Waals surface area contributed by atoms with E-state index in [9.17, 15) is 23.1 Å². The highest BCUT2D eigenvalue weighted by molar-refractivity contribution is 5.93. The SMILES string of the molecule is O=C(O)c1ccncc1NCC1CCCc2c(OC(F)(F)F)cccc21. The zero-order chi connectivity index (χ0) is 18.7. The standard InChI is InChI=1S/C18H17F3N2O3/c19-18(20,21)26-16-6-2-4-12-11(3-1-5-13(12)16)9-23-15-10-22-8-7-14(15)17(24)25/h2,4,6-8,10-11,23H,1,3,5,9H2,(H,24,25). The van der Waals surface area contributed by atoms with Crippen molar-refractivity contribution in [3.05, 3.63) is 53.3 Å². The van der Waals surface area contributed by atoms with Gasteiger partial charge in [-0.3, -0.25) is 4.98 Å². The smallest absolute Gasteiger partial charge is 0.478 e. The number of fused-ring (bicyclic) bond motifs is 1. The van der Waals surface area contributed by atoms with Crippen molar-refractivity contribution >= 4 is 11.7 Å². The molecule has 26 heavy (non-hydrogen) atoms. The van der Waals surface area contributed by atoms with Gasteiger partial charge in [-0.05, 0) is 42.5 Å². The molecule has 0 radical (unpaired) electrons. The lowest BCUT2D eigenvalue weighted by atomic mass is 9.82. The van der Waals surface area contributed by atoms with Crippen LogP contribution in [0, 0.1) is 0 Å². The minimum atomic E-state index is -4.73. The summed E-state index contributed by atoms with van der Waals surface area (Å²) in [5.74, 6) is -1.27. The predicted molar refractivity (Wildman–Crippen MR) is 88.5 cm³/mol. The van der Waals surface area contributed by atoms with Gasteiger partial charge in [-0.15, -0.1) is 13.2 Å². The molecule has 0 saturated carbocycles. The van der Waals surface area contributed by atoms with Crippen molar-refractivity contribution in [2.45, 2.75) is 31.5 Å². The first kappa shape index (κ1) is 18.0. The van der Waals surface area contributed by atoms with Gasteiger partial charge in [0.05, 0.1) is 17.4 Å². The molecule has 0 aliphatic heterocycles. The number of hydrogen-bond acceptors (Lipinski definition) is 4. The van der Waals surface area contributed by atoms with E-state index in [1.807, 2.05) is 0 Å². The molecule has 1 atom stereocenters. The lowest BCUT2D eigenvalue weighted by Crippen LogP contribution is -2.22. The van der Waals surface area contributed by atoms with Crippen LogP contribution in [0.5, 0.6) is 5.75 Å². The van der Waals surface area contributed by atoms with Gasteiger partial charge < -0.3 is 15.2 Å². The summed E-state index contributed by atoms with van der Waals surface area (Å²) in [5, 5.41) is 12.3. The highest BCUT2D eigenvalue weighted by Gasteiger charge is 2.33. The van der Waals surface area contributed by atoms with Crippen LogP contribution in [0.15, 0.2) is 36.7 Å². The normalized spacial score (nSPS) is 16.7. The summed E-state index contributed by atoms with van der Waals surface area (Å²) < 4.78 is 42.0. The largest absolute Gasteiger partial charge is 0.573 e. The number of benzene rings is 1. The molecule has 1 aliphatic carbocycles. The molecule has 1 unspecified atom stereocenters. The molecule has 3 rings (SSSR count). The van der Waals surface area contributed by atoms with E-state index >= 15 is 0 Å². The van der Waals surface area contributed by atoms with Gasteiger partial charge in [-0.2, -0.15) is 0 Å². The van der Waals surface area contributed by atoms with Crippen LogP contribution in [-0.4, -0.2) is 29.0 Å². The summed E-state index contributed by atoms with van der Waals surface area (Å²) in [4.78, 5) is 15.2. The number of alkyl halides is 3. The summed E-state index contributed by atoms with van der Waals surface area (Å²) in [6.45, 7) is 0.397. The first-order chi connectivity index (χ1) is 12.3. The number of aromatic nitrogens is 1. The highest BCUT2D eigenvalue weighted by Crippen LogP contribution is 2.38. The number of carboxylic acids is 1. The molecule has 1 aromatic carbocycles. The number of nitrogens with zero attached hydrogens (tertiary/aromatic N) is 1. The highest BCUT2D eigenvalue weighted by atomic mass is 19.4. The number of hydrogen-bond donors (Lipinski definition) is 2. The number of nitrogens with one attached hydrogen (secondary N) is 1. The molecule has 1 heterocycles. The van der Waals surface area contributed by atoms with Gasteiger partial charge in [0.2, 0.25) is 0 Å². The van der Waals surface area contributed by atoms with E-state index in [-0.39, 0.29) is 17.2 Å². The Morgan fingerprint density at radius 1 is 1.35 bits per heavy atom. The fourth-order valence-corrected chi connectivity index (χ4v) is 3.30. The quantitative estimate of drug-likeness (QED) is 0.829. The number of carboxylic acid groups (broad SMARTS) is 1. The lowest BCUT2D eigenvalue weighted by Gasteiger charge is -2.28. The van der Waals surface area contributed by atoms with Crippen molar-refractivity contribution in [1.29, 1.82) is 0 Å². The van der Waals surface area contributed by atoms with E-state index in [1.54, 1.807) is 12.1 Å². The molecule has 0 amide bonds. The average molecular weight is 366 g/mol. The molecule has 0 saturated heterocycles. The number of anilines is 1. The molecule has 5 nitrogen and oxygen atoms in total. The summed E-state index contributed by atoms with van der Waals surface area (Å²) in [6, 6.07) is 6.07. The molecule has 0 fully saturated rings. The van der Waals surface area contributed by atoms with Crippen molar-refractivity contribution in [2.75, 3.05) is 11.9 Å². The van der Waals surface area contributed by atoms with E-state index in [2.05, 4.69) is 15.0 Å². The molecular weight excluding hydrogens is 349 g/mol. The monoisotopic (exact) mass is 366 g/mol. The van der Waals surface area contributed by atoms with Crippen LogP contribution in [-0.2, 0) is 6.42 Å². The first-order valence-electron chi connectivity index (χ1n) is 8.14. The molecule has 0 spiro atoms. The number of halogens is 3. The second-order valence-corrected chi connectivity index (χ2v) is 6.07. The summed E-state index contributed by atoms with van der Waals surface area (Å²) in [6.07, 6.45) is 0.133. The Kier molecular flexibility index (Phi) is 5.01. The van der Waals surface area contributed by atoms with Crippen LogP contribution in [0.3, 0.4) is 0 Å². The Hall–Kier alpha value is -2.77. The topological polar surface area (TPSA) is 71.5 Å². The van der Waals surface area contributed by atoms with Crippen LogP contribution in [0.2, 0.25) is 0 Å². The van der Waals surface area contributed by atoms with Gasteiger partial charge in [0.25, 0.3) is 0 Å². The van der Waals surface area contributed by atoms with Crippen molar-refractivity contribution < 1.29 is 27.8 Å². The Balaban J connectivity index is 1.81. The lowest BCUT2D eigenvalue weighted by molar-refractivity contribution is -0.274. The van der Waals surface area contributed by atoms with E-state index in [0.29, 0.717) is 24.2 Å². The fourth-order valence-electron chi connectivity index (χ4n) is 3.30. The van der Waals surface area contributed by atoms with Crippen molar-refractivity contribution in [3.63, 3.8) is 0 Å². The number of aromatic carboxylic acids is 1. The summed E-state index contributed by atoms with van der Waals surface area (Å²) in [7, 11) is 0. The van der Waals surface area contributed by atoms with Gasteiger partial charge in [-0.1, -0.05) is 12.1 Å². The fraction of sp³-hybridized carbons (Fsp3) is 0.333. The molecule has 138 valence electrons. The van der Waals surface area contributed by atoms with Crippen LogP contribution in [0.1, 0.15) is 40.2 Å². The number of carbonyl (C=O) groups is 1. The van der Waals surface area contributed by atoms with E-state index < -0.39 is 12.3 Å². The van der Waals surface area contributed by atoms with Gasteiger partial charge in [0, 0.05) is 18.7 Å². The molecular formula is C18H17F3N2O3. The molecule has 8 heteroatoms. The van der Waals surface area contributed by atoms with Crippen LogP contribution in [0.25, 0.3) is 0 Å². The summed E-state index contributed by atoms with van der Waals surface area (Å²) in [5.41, 5.74) is 1.85. The van der Waals surface area contributed by atoms with E-state index in [0.717, 1.165) is 18.4 Å². The Labute approximate surface area is 147 Å². The van der Waals surface area contributed by atoms with Gasteiger partial charge in [-0.25, -0.2) is 4.79 Å². The molecule has 0 bridgehead atoms. The van der Waals surface area contributed by atoms with E-state index in [4.69, 9.17) is 0 Å². The minimum Gasteiger partial charge on any atom is -0.478 e. The maximum Gasteiger partial charge on any atom is 0.573 e. The summed E-state index contributed by atoms with van der Waals surface area (Å²) >= 11 is 0. The number of ether oxygens (including phenoxy) is 1. The zero-order valence-corrected chi connectivity index (χ0v) is 13.7. The molecule has 1 aliphatic rings. The average Bonchev–Trinajstić information content (AvgIpc) is 2.59. The predicted octanol–water partition coefficient (Wildman–Crippen LogP) is 4.21. The van der Waals surface area contributed by atoms with Crippen molar-refractivity contribution in [3.8, 4) is 5.75 Å². The maximum absolute atomic E-state index is 12.6. The number of pyridine rings is 1. The molecule has 2 aromatic rings. The maximum atomic E-state index is 12.6. The Morgan fingerprint density at radius 2 is 2.15 bits per heavy atom. The molecule has 2 N–H and O–H groups in total. The van der Waals surface area contributed by atoms with Crippen LogP contribution >= 0.6 is 0 Å². The van der Waals surface area contributed by atoms with Gasteiger partial charge in [0.15, 0.2) is 0 Å². The number of rotatable bonds is 5. The third-order valence-corrected chi connectivity index (χ3v) is 4.40. The van der Waals surface area contributed by atoms with Crippen LogP contribution < -0.4 is 10.1 Å². The third kappa shape index (κ3) is 4.07. The second-order valence-electron chi connectivity index (χ2n) is 6.07. The van der Waals surface area contributed by atoms with Gasteiger partial charge >= 0.3 is 12.3 Å².